The van der Waals surface area contributed by atoms with Crippen molar-refractivity contribution in [1.29, 1.82) is 0 Å². The summed E-state index contributed by atoms with van der Waals surface area (Å²) >= 11 is 0. The first-order valence-electron chi connectivity index (χ1n) is 3.78. The second-order valence-corrected chi connectivity index (χ2v) is 2.84. The van der Waals surface area contributed by atoms with Crippen LogP contribution in [0.4, 0.5) is 5.69 Å². The molecule has 1 aromatic carbocycles. The third-order valence-corrected chi connectivity index (χ3v) is 1.93. The standard InChI is InChI=1S/C7H6N4O3.Ag/c1-3-2-4-5(9-10-8-4)7(12)6(3)11(13)14;/h2,12H,1H3,(H,8,9,10);. The Labute approximate surface area is 99.1 Å². The van der Waals surface area contributed by atoms with Crippen molar-refractivity contribution in [3.05, 3.63) is 21.7 Å². The summed E-state index contributed by atoms with van der Waals surface area (Å²) in [6, 6.07) is 1.50. The van der Waals surface area contributed by atoms with Crippen LogP contribution in [0, 0.1) is 17.0 Å². The van der Waals surface area contributed by atoms with Gasteiger partial charge in [0.1, 0.15) is 5.52 Å². The monoisotopic (exact) mass is 301 g/mol. The average molecular weight is 302 g/mol. The molecule has 0 aliphatic carbocycles. The Morgan fingerprint density at radius 2 is 2.20 bits per heavy atom. The number of nitro groups is 1. The number of aromatic amines is 1. The topological polar surface area (TPSA) is 105 Å². The Morgan fingerprint density at radius 3 is 2.80 bits per heavy atom. The maximum absolute atomic E-state index is 10.6. The maximum Gasteiger partial charge on any atom is 0.316 e. The van der Waals surface area contributed by atoms with Gasteiger partial charge in [-0.3, -0.25) is 10.1 Å². The Kier molecular flexibility index (Phi) is 3.08. The van der Waals surface area contributed by atoms with Gasteiger partial charge in [-0.2, -0.15) is 15.4 Å². The predicted molar refractivity (Wildman–Crippen MR) is 46.9 cm³/mol. The number of aromatic hydroxyl groups is 1. The van der Waals surface area contributed by atoms with Crippen LogP contribution in [0.2, 0.25) is 0 Å². The molecule has 83 valence electrons. The van der Waals surface area contributed by atoms with E-state index in [1.165, 1.54) is 13.0 Å². The minimum atomic E-state index is -0.640. The molecule has 1 aromatic heterocycles. The van der Waals surface area contributed by atoms with E-state index in [9.17, 15) is 15.2 Å². The summed E-state index contributed by atoms with van der Waals surface area (Å²) in [6.45, 7) is 1.53. The fraction of sp³-hybridized carbons (Fsp3) is 0.143. The second kappa shape index (κ2) is 3.97. The third kappa shape index (κ3) is 1.72. The Balaban J connectivity index is 0.00000112. The summed E-state index contributed by atoms with van der Waals surface area (Å²) in [7, 11) is 0. The molecule has 0 atom stereocenters. The molecule has 2 aromatic rings. The summed E-state index contributed by atoms with van der Waals surface area (Å²) in [5, 5.41) is 29.7. The number of phenolic OH excluding ortho intramolecular Hbond substituents is 1. The van der Waals surface area contributed by atoms with Crippen LogP contribution in [0.25, 0.3) is 11.0 Å². The zero-order valence-electron chi connectivity index (χ0n) is 7.48. The number of benzene rings is 1. The Bertz CT molecular complexity index is 524. The van der Waals surface area contributed by atoms with Gasteiger partial charge < -0.3 is 5.11 Å². The van der Waals surface area contributed by atoms with E-state index < -0.39 is 10.7 Å². The number of rotatable bonds is 1. The van der Waals surface area contributed by atoms with Gasteiger partial charge in [-0.15, -0.1) is 0 Å². The van der Waals surface area contributed by atoms with Crippen LogP contribution in [0.15, 0.2) is 6.07 Å². The Morgan fingerprint density at radius 1 is 1.53 bits per heavy atom. The molecule has 15 heavy (non-hydrogen) atoms. The molecule has 0 unspecified atom stereocenters. The van der Waals surface area contributed by atoms with E-state index in [-0.39, 0.29) is 33.6 Å². The van der Waals surface area contributed by atoms with Gasteiger partial charge in [0.15, 0.2) is 5.52 Å². The van der Waals surface area contributed by atoms with Crippen molar-refractivity contribution in [2.24, 2.45) is 0 Å². The molecule has 0 saturated heterocycles. The van der Waals surface area contributed by atoms with Crippen LogP contribution < -0.4 is 0 Å². The summed E-state index contributed by atoms with van der Waals surface area (Å²) in [6.07, 6.45) is 0. The number of phenols is 1. The first-order chi connectivity index (χ1) is 6.61. The van der Waals surface area contributed by atoms with Crippen molar-refractivity contribution in [2.45, 2.75) is 6.92 Å². The third-order valence-electron chi connectivity index (χ3n) is 1.93. The molecule has 1 heterocycles. The number of nitrogens with one attached hydrogen (secondary N) is 1. The quantitative estimate of drug-likeness (QED) is 0.462. The van der Waals surface area contributed by atoms with Crippen molar-refractivity contribution in [3.63, 3.8) is 0 Å². The number of fused-ring (bicyclic) bond motifs is 1. The molecule has 0 fully saturated rings. The van der Waals surface area contributed by atoms with Gasteiger partial charge in [-0.05, 0) is 13.0 Å². The van der Waals surface area contributed by atoms with Crippen molar-refractivity contribution in [1.82, 2.24) is 15.4 Å². The number of aromatic nitrogens is 3. The number of H-pyrrole nitrogens is 1. The molecule has 0 aliphatic rings. The molecule has 0 spiro atoms. The van der Waals surface area contributed by atoms with Crippen LogP contribution in [-0.2, 0) is 22.4 Å². The number of hydrogen-bond acceptors (Lipinski definition) is 5. The van der Waals surface area contributed by atoms with E-state index in [4.69, 9.17) is 0 Å². The first kappa shape index (κ1) is 11.6. The molecule has 1 radical (unpaired) electrons. The van der Waals surface area contributed by atoms with Crippen molar-refractivity contribution in [2.75, 3.05) is 0 Å². The van der Waals surface area contributed by atoms with Gasteiger partial charge in [0.05, 0.1) is 4.92 Å². The molecule has 0 amide bonds. The first-order valence-corrected chi connectivity index (χ1v) is 3.78. The molecular weight excluding hydrogens is 296 g/mol. The molecule has 0 aliphatic heterocycles. The average Bonchev–Trinajstić information content (AvgIpc) is 2.50. The van der Waals surface area contributed by atoms with Crippen molar-refractivity contribution in [3.8, 4) is 5.75 Å². The minimum Gasteiger partial charge on any atom is -0.500 e. The van der Waals surface area contributed by atoms with Gasteiger partial charge in [0, 0.05) is 27.9 Å². The summed E-state index contributed by atoms with van der Waals surface area (Å²) in [5.41, 5.74) is 0.549. The van der Waals surface area contributed by atoms with Crippen molar-refractivity contribution >= 4 is 16.7 Å². The van der Waals surface area contributed by atoms with E-state index in [2.05, 4.69) is 15.4 Å². The molecule has 0 bridgehead atoms. The van der Waals surface area contributed by atoms with E-state index in [1.807, 2.05) is 0 Å². The maximum atomic E-state index is 10.6. The smallest absolute Gasteiger partial charge is 0.316 e. The summed E-state index contributed by atoms with van der Waals surface area (Å²) in [4.78, 5) is 9.96. The van der Waals surface area contributed by atoms with Crippen LogP contribution in [-0.4, -0.2) is 25.4 Å². The molecule has 0 saturated carbocycles. The summed E-state index contributed by atoms with van der Waals surface area (Å²) in [5.74, 6) is -0.446. The number of hydrogen-bond donors (Lipinski definition) is 2. The van der Waals surface area contributed by atoms with Gasteiger partial charge in [0.2, 0.25) is 5.75 Å². The van der Waals surface area contributed by atoms with Gasteiger partial charge >= 0.3 is 5.69 Å². The number of nitrogens with zero attached hydrogens (tertiary/aromatic N) is 3. The largest absolute Gasteiger partial charge is 0.500 e. The predicted octanol–water partition coefficient (Wildman–Crippen LogP) is 0.878. The van der Waals surface area contributed by atoms with Gasteiger partial charge in [0.25, 0.3) is 0 Å². The molecule has 2 rings (SSSR count). The second-order valence-electron chi connectivity index (χ2n) is 2.84. The van der Waals surface area contributed by atoms with Crippen LogP contribution in [0.3, 0.4) is 0 Å². The molecular formula is C7H6AgN4O3. The molecule has 2 N–H and O–H groups in total. The van der Waals surface area contributed by atoms with E-state index in [0.717, 1.165) is 0 Å². The zero-order chi connectivity index (χ0) is 10.3. The Hall–Kier alpha value is -1.44. The number of nitro benzene ring substituents is 1. The number of aryl methyl sites for hydroxylation is 1. The molecule has 7 nitrogen and oxygen atoms in total. The molecule has 8 heteroatoms. The zero-order valence-corrected chi connectivity index (χ0v) is 8.97. The van der Waals surface area contributed by atoms with Gasteiger partial charge in [-0.1, -0.05) is 0 Å². The fourth-order valence-corrected chi connectivity index (χ4v) is 1.32. The normalized spacial score (nSPS) is 9.93. The van der Waals surface area contributed by atoms with Crippen molar-refractivity contribution < 1.29 is 32.4 Å². The summed E-state index contributed by atoms with van der Waals surface area (Å²) < 4.78 is 0. The van der Waals surface area contributed by atoms with Crippen LogP contribution in [0.5, 0.6) is 5.75 Å². The van der Waals surface area contributed by atoms with E-state index in [1.54, 1.807) is 0 Å². The van der Waals surface area contributed by atoms with E-state index in [0.29, 0.717) is 11.1 Å². The SMILES string of the molecule is Cc1cc2n[nH]nc2c(O)c1[N+](=O)[O-].[Ag]. The van der Waals surface area contributed by atoms with Gasteiger partial charge in [-0.25, -0.2) is 0 Å². The minimum absolute atomic E-state index is 0. The fourth-order valence-electron chi connectivity index (χ4n) is 1.32. The van der Waals surface area contributed by atoms with Crippen LogP contribution >= 0.6 is 0 Å². The van der Waals surface area contributed by atoms with Crippen LogP contribution in [0.1, 0.15) is 5.56 Å². The van der Waals surface area contributed by atoms with E-state index >= 15 is 0 Å².